The zero-order chi connectivity index (χ0) is 17.3. The third-order valence-electron chi connectivity index (χ3n) is 4.99. The van der Waals surface area contributed by atoms with Crippen LogP contribution in [-0.2, 0) is 19.1 Å². The van der Waals surface area contributed by atoms with Gasteiger partial charge in [0.25, 0.3) is 0 Å². The first kappa shape index (κ1) is 16.7. The van der Waals surface area contributed by atoms with Crippen molar-refractivity contribution in [1.82, 2.24) is 0 Å². The second-order valence-corrected chi connectivity index (χ2v) is 6.98. The molecule has 2 bridgehead atoms. The molecule has 0 radical (unpaired) electrons. The number of rotatable bonds is 0. The lowest BCUT2D eigenvalue weighted by Crippen LogP contribution is -2.16. The lowest BCUT2D eigenvalue weighted by molar-refractivity contribution is -0.139. The number of fused-ring (bicyclic) bond motifs is 2. The molecule has 0 saturated carbocycles. The van der Waals surface area contributed by atoms with E-state index in [-0.39, 0.29) is 30.1 Å². The Balaban J connectivity index is 1.86. The molecule has 24 heavy (non-hydrogen) atoms. The minimum absolute atomic E-state index is 0.0240. The number of ether oxygens (including phenoxy) is 2. The lowest BCUT2D eigenvalue weighted by atomic mass is 9.89. The minimum Gasteiger partial charge on any atom is -0.454 e. The van der Waals surface area contributed by atoms with Crippen molar-refractivity contribution in [2.75, 3.05) is 0 Å². The van der Waals surface area contributed by atoms with Crippen molar-refractivity contribution in [3.63, 3.8) is 0 Å². The van der Waals surface area contributed by atoms with E-state index in [9.17, 15) is 9.59 Å². The van der Waals surface area contributed by atoms with Crippen LogP contribution in [0.4, 0.5) is 0 Å². The van der Waals surface area contributed by atoms with Gasteiger partial charge >= 0.3 is 11.9 Å². The predicted molar refractivity (Wildman–Crippen MR) is 91.1 cm³/mol. The highest BCUT2D eigenvalue weighted by Crippen LogP contribution is 2.34. The molecule has 1 aliphatic carbocycles. The Kier molecular flexibility index (Phi) is 4.74. The van der Waals surface area contributed by atoms with E-state index in [4.69, 9.17) is 9.47 Å². The van der Waals surface area contributed by atoms with Crippen molar-refractivity contribution in [3.8, 4) is 0 Å². The number of allylic oxidation sites excluding steroid dienone is 2. The van der Waals surface area contributed by atoms with E-state index >= 15 is 0 Å². The summed E-state index contributed by atoms with van der Waals surface area (Å²) < 4.78 is 10.9. The number of hydrogen-bond donors (Lipinski definition) is 0. The molecule has 1 fully saturated rings. The Labute approximate surface area is 142 Å². The monoisotopic (exact) mass is 328 g/mol. The molecule has 0 spiro atoms. The number of carbonyl (C=O) groups is 2. The summed E-state index contributed by atoms with van der Waals surface area (Å²) in [5.74, 6) is -0.474. The summed E-state index contributed by atoms with van der Waals surface area (Å²) in [6, 6.07) is 0. The second kappa shape index (κ2) is 6.80. The first-order valence-electron chi connectivity index (χ1n) is 8.58. The number of carbonyl (C=O) groups excluding carboxylic acids is 2. The topological polar surface area (TPSA) is 52.6 Å². The molecule has 128 valence electrons. The highest BCUT2D eigenvalue weighted by molar-refractivity contribution is 5.91. The van der Waals surface area contributed by atoms with Crippen LogP contribution >= 0.6 is 0 Å². The summed E-state index contributed by atoms with van der Waals surface area (Å²) in [7, 11) is 0. The van der Waals surface area contributed by atoms with Crippen molar-refractivity contribution >= 4 is 11.9 Å². The smallest absolute Gasteiger partial charge is 0.334 e. The highest BCUT2D eigenvalue weighted by Gasteiger charge is 2.37. The Bertz CT molecular complexity index is 665. The first-order chi connectivity index (χ1) is 11.4. The Hall–Kier alpha value is -2.10. The highest BCUT2D eigenvalue weighted by atomic mass is 16.6. The zero-order valence-corrected chi connectivity index (χ0v) is 14.3. The van der Waals surface area contributed by atoms with Gasteiger partial charge in [0, 0.05) is 23.5 Å². The largest absolute Gasteiger partial charge is 0.454 e. The molecule has 0 N–H and O–H groups in total. The van der Waals surface area contributed by atoms with E-state index in [1.165, 1.54) is 5.57 Å². The van der Waals surface area contributed by atoms with Crippen LogP contribution in [0.5, 0.6) is 0 Å². The van der Waals surface area contributed by atoms with Gasteiger partial charge in [-0.1, -0.05) is 23.8 Å². The SMILES string of the molecule is C=C1C(=O)O[C@@H]2/C=C(\C)C[C@H]3C=C(CC/C=C(\C)CC[C@@H]12)C(=O)O3. The third kappa shape index (κ3) is 3.53. The van der Waals surface area contributed by atoms with Crippen LogP contribution in [0.25, 0.3) is 0 Å². The van der Waals surface area contributed by atoms with Gasteiger partial charge in [0.2, 0.25) is 0 Å². The first-order valence-corrected chi connectivity index (χ1v) is 8.58. The molecular formula is C20H24O4. The molecule has 2 heterocycles. The molecule has 3 aliphatic rings. The third-order valence-corrected chi connectivity index (χ3v) is 4.99. The summed E-state index contributed by atoms with van der Waals surface area (Å²) in [5.41, 5.74) is 3.67. The van der Waals surface area contributed by atoms with Gasteiger partial charge in [-0.05, 0) is 51.7 Å². The zero-order valence-electron chi connectivity index (χ0n) is 14.3. The van der Waals surface area contributed by atoms with E-state index in [2.05, 4.69) is 19.6 Å². The molecule has 0 aromatic carbocycles. The van der Waals surface area contributed by atoms with E-state index < -0.39 is 0 Å². The van der Waals surface area contributed by atoms with Crippen molar-refractivity contribution in [2.24, 2.45) is 5.92 Å². The maximum atomic E-state index is 11.9. The second-order valence-electron chi connectivity index (χ2n) is 6.98. The molecule has 4 heteroatoms. The quantitative estimate of drug-likeness (QED) is 0.386. The molecule has 0 aromatic heterocycles. The van der Waals surface area contributed by atoms with Gasteiger partial charge in [-0.25, -0.2) is 9.59 Å². The predicted octanol–water partition coefficient (Wildman–Crippen LogP) is 3.79. The van der Waals surface area contributed by atoms with Crippen LogP contribution in [0.1, 0.15) is 46.0 Å². The summed E-state index contributed by atoms with van der Waals surface area (Å²) in [6.45, 7) is 8.00. The molecule has 3 atom stereocenters. The number of esters is 2. The van der Waals surface area contributed by atoms with E-state index in [1.807, 2.05) is 19.1 Å². The Morgan fingerprint density at radius 2 is 1.83 bits per heavy atom. The van der Waals surface area contributed by atoms with Gasteiger partial charge < -0.3 is 9.47 Å². The summed E-state index contributed by atoms with van der Waals surface area (Å²) >= 11 is 0. The average molecular weight is 328 g/mol. The van der Waals surface area contributed by atoms with Crippen LogP contribution in [0.2, 0.25) is 0 Å². The molecule has 4 nitrogen and oxygen atoms in total. The molecule has 0 aromatic rings. The fraction of sp³-hybridized carbons (Fsp3) is 0.500. The fourth-order valence-corrected chi connectivity index (χ4v) is 3.57. The van der Waals surface area contributed by atoms with Gasteiger partial charge in [-0.3, -0.25) is 0 Å². The van der Waals surface area contributed by atoms with Crippen LogP contribution in [0.15, 0.2) is 47.1 Å². The fourth-order valence-electron chi connectivity index (χ4n) is 3.57. The normalized spacial score (nSPS) is 35.7. The van der Waals surface area contributed by atoms with Crippen LogP contribution in [0.3, 0.4) is 0 Å². The molecule has 3 rings (SSSR count). The molecular weight excluding hydrogens is 304 g/mol. The van der Waals surface area contributed by atoms with E-state index in [1.54, 1.807) is 0 Å². The lowest BCUT2D eigenvalue weighted by Gasteiger charge is -2.16. The molecule has 0 unspecified atom stereocenters. The Morgan fingerprint density at radius 1 is 1.04 bits per heavy atom. The maximum absolute atomic E-state index is 11.9. The van der Waals surface area contributed by atoms with Crippen molar-refractivity contribution < 1.29 is 19.1 Å². The summed E-state index contributed by atoms with van der Waals surface area (Å²) in [6.07, 6.45) is 9.56. The van der Waals surface area contributed by atoms with Gasteiger partial charge in [0.15, 0.2) is 0 Å². The maximum Gasteiger partial charge on any atom is 0.334 e. The van der Waals surface area contributed by atoms with Crippen LogP contribution in [-0.4, -0.2) is 24.1 Å². The summed E-state index contributed by atoms with van der Waals surface area (Å²) in [5, 5.41) is 0. The summed E-state index contributed by atoms with van der Waals surface area (Å²) in [4.78, 5) is 23.8. The molecule has 2 aliphatic heterocycles. The van der Waals surface area contributed by atoms with Crippen molar-refractivity contribution in [3.05, 3.63) is 47.1 Å². The Morgan fingerprint density at radius 3 is 2.62 bits per heavy atom. The average Bonchev–Trinajstić information content (AvgIpc) is 2.97. The van der Waals surface area contributed by atoms with Gasteiger partial charge in [-0.2, -0.15) is 0 Å². The number of hydrogen-bond acceptors (Lipinski definition) is 4. The van der Waals surface area contributed by atoms with Crippen molar-refractivity contribution in [1.29, 1.82) is 0 Å². The van der Waals surface area contributed by atoms with E-state index in [0.717, 1.165) is 36.8 Å². The standard InChI is InChI=1S/C20H24O4/c1-12-5-4-6-15-11-16(23-20(15)22)9-13(2)10-18-17(8-7-12)14(3)19(21)24-18/h5,10-11,16-18H,3-4,6-9H2,1-2H3/b12-5+,13-10+/t16-,17-,18+/m0/s1. The van der Waals surface area contributed by atoms with E-state index in [0.29, 0.717) is 12.0 Å². The molecule has 1 saturated heterocycles. The minimum atomic E-state index is -0.297. The van der Waals surface area contributed by atoms with Crippen LogP contribution < -0.4 is 0 Å². The van der Waals surface area contributed by atoms with Crippen molar-refractivity contribution in [2.45, 2.75) is 58.2 Å². The molecule has 0 amide bonds. The van der Waals surface area contributed by atoms with Gasteiger partial charge in [0.1, 0.15) is 12.2 Å². The van der Waals surface area contributed by atoms with Gasteiger partial charge in [0.05, 0.1) is 0 Å². The van der Waals surface area contributed by atoms with Gasteiger partial charge in [-0.15, -0.1) is 0 Å². The van der Waals surface area contributed by atoms with Crippen LogP contribution in [0, 0.1) is 5.92 Å².